The molecule has 3 heteroatoms. The molecule has 0 fully saturated rings. The highest BCUT2D eigenvalue weighted by Gasteiger charge is 2.07. The Balaban J connectivity index is 1.82. The van der Waals surface area contributed by atoms with Crippen LogP contribution in [-0.4, -0.2) is 10.9 Å². The highest BCUT2D eigenvalue weighted by atomic mass is 16.1. The number of aryl methyl sites for hydroxylation is 2. The standard InChI is InChI=1S/C19H18N2O/c1-13-5-3-6-15(11-13)12-19(22)21-18-8-4-7-17-16(18)10-9-14(2)20-17/h3-11H,12H2,1-2H3,(H,21,22). The topological polar surface area (TPSA) is 42.0 Å². The largest absolute Gasteiger partial charge is 0.325 e. The molecule has 3 nitrogen and oxygen atoms in total. The fraction of sp³-hybridized carbons (Fsp3) is 0.158. The number of hydrogen-bond donors (Lipinski definition) is 1. The molecule has 1 heterocycles. The van der Waals surface area contributed by atoms with Gasteiger partial charge in [0.1, 0.15) is 0 Å². The first-order chi connectivity index (χ1) is 10.6. The summed E-state index contributed by atoms with van der Waals surface area (Å²) in [7, 11) is 0. The molecule has 0 bridgehead atoms. The maximum Gasteiger partial charge on any atom is 0.228 e. The van der Waals surface area contributed by atoms with Crippen molar-refractivity contribution in [1.29, 1.82) is 0 Å². The van der Waals surface area contributed by atoms with Crippen molar-refractivity contribution in [2.45, 2.75) is 20.3 Å². The van der Waals surface area contributed by atoms with Crippen molar-refractivity contribution in [1.82, 2.24) is 4.98 Å². The normalized spacial score (nSPS) is 10.6. The van der Waals surface area contributed by atoms with Crippen LogP contribution in [0.3, 0.4) is 0 Å². The molecule has 1 aromatic heterocycles. The van der Waals surface area contributed by atoms with Gasteiger partial charge in [-0.15, -0.1) is 0 Å². The molecule has 2 aromatic carbocycles. The molecule has 0 atom stereocenters. The highest BCUT2D eigenvalue weighted by Crippen LogP contribution is 2.22. The van der Waals surface area contributed by atoms with E-state index in [1.54, 1.807) is 0 Å². The number of carbonyl (C=O) groups excluding carboxylic acids is 1. The van der Waals surface area contributed by atoms with Crippen LogP contribution in [-0.2, 0) is 11.2 Å². The second kappa shape index (κ2) is 5.98. The molecular formula is C19H18N2O. The van der Waals surface area contributed by atoms with Crippen LogP contribution in [0, 0.1) is 13.8 Å². The van der Waals surface area contributed by atoms with Gasteiger partial charge in [0.2, 0.25) is 5.91 Å². The average molecular weight is 290 g/mol. The summed E-state index contributed by atoms with van der Waals surface area (Å²) >= 11 is 0. The molecule has 1 amide bonds. The molecule has 0 radical (unpaired) electrons. The van der Waals surface area contributed by atoms with Gasteiger partial charge in [0.25, 0.3) is 0 Å². The first-order valence-electron chi connectivity index (χ1n) is 7.33. The van der Waals surface area contributed by atoms with E-state index in [4.69, 9.17) is 0 Å². The van der Waals surface area contributed by atoms with E-state index in [1.807, 2.05) is 68.4 Å². The number of benzene rings is 2. The van der Waals surface area contributed by atoms with Crippen molar-refractivity contribution in [2.75, 3.05) is 5.32 Å². The summed E-state index contributed by atoms with van der Waals surface area (Å²) in [6, 6.07) is 17.7. The Hall–Kier alpha value is -2.68. The number of carbonyl (C=O) groups is 1. The van der Waals surface area contributed by atoms with Crippen molar-refractivity contribution in [3.8, 4) is 0 Å². The van der Waals surface area contributed by atoms with E-state index in [0.29, 0.717) is 6.42 Å². The molecular weight excluding hydrogens is 272 g/mol. The summed E-state index contributed by atoms with van der Waals surface area (Å²) in [5, 5.41) is 3.96. The fourth-order valence-electron chi connectivity index (χ4n) is 2.57. The van der Waals surface area contributed by atoms with E-state index in [1.165, 1.54) is 0 Å². The molecule has 110 valence electrons. The predicted octanol–water partition coefficient (Wildman–Crippen LogP) is 4.03. The Morgan fingerprint density at radius 2 is 1.86 bits per heavy atom. The quantitative estimate of drug-likeness (QED) is 0.791. The third kappa shape index (κ3) is 3.14. The molecule has 0 aliphatic rings. The predicted molar refractivity (Wildman–Crippen MR) is 90.0 cm³/mol. The first-order valence-corrected chi connectivity index (χ1v) is 7.33. The monoisotopic (exact) mass is 290 g/mol. The summed E-state index contributed by atoms with van der Waals surface area (Å²) in [5.41, 5.74) is 4.86. The Morgan fingerprint density at radius 3 is 2.68 bits per heavy atom. The molecule has 1 N–H and O–H groups in total. The summed E-state index contributed by atoms with van der Waals surface area (Å²) in [6.45, 7) is 3.99. The van der Waals surface area contributed by atoms with Crippen LogP contribution in [0.1, 0.15) is 16.8 Å². The van der Waals surface area contributed by atoms with E-state index in [0.717, 1.165) is 33.4 Å². The van der Waals surface area contributed by atoms with Crippen LogP contribution < -0.4 is 5.32 Å². The lowest BCUT2D eigenvalue weighted by Crippen LogP contribution is -2.14. The molecule has 0 aliphatic carbocycles. The van der Waals surface area contributed by atoms with Crippen molar-refractivity contribution in [3.05, 3.63) is 71.4 Å². The molecule has 3 aromatic rings. The van der Waals surface area contributed by atoms with Gasteiger partial charge >= 0.3 is 0 Å². The molecule has 3 rings (SSSR count). The summed E-state index contributed by atoms with van der Waals surface area (Å²) in [6.07, 6.45) is 0.372. The van der Waals surface area contributed by atoms with Crippen LogP contribution in [0.25, 0.3) is 10.9 Å². The van der Waals surface area contributed by atoms with Crippen LogP contribution in [0.5, 0.6) is 0 Å². The Bertz CT molecular complexity index is 840. The molecule has 22 heavy (non-hydrogen) atoms. The van der Waals surface area contributed by atoms with Crippen LogP contribution in [0.4, 0.5) is 5.69 Å². The number of pyridine rings is 1. The number of nitrogens with one attached hydrogen (secondary N) is 1. The van der Waals surface area contributed by atoms with Crippen molar-refractivity contribution < 1.29 is 4.79 Å². The molecule has 0 aliphatic heterocycles. The molecule has 0 saturated carbocycles. The zero-order chi connectivity index (χ0) is 15.5. The third-order valence-corrected chi connectivity index (χ3v) is 3.59. The van der Waals surface area contributed by atoms with Crippen LogP contribution >= 0.6 is 0 Å². The number of nitrogens with zero attached hydrogens (tertiary/aromatic N) is 1. The maximum atomic E-state index is 12.3. The van der Waals surface area contributed by atoms with Crippen molar-refractivity contribution in [2.24, 2.45) is 0 Å². The maximum absolute atomic E-state index is 12.3. The fourth-order valence-corrected chi connectivity index (χ4v) is 2.57. The zero-order valence-electron chi connectivity index (χ0n) is 12.8. The summed E-state index contributed by atoms with van der Waals surface area (Å²) in [5.74, 6) is -0.0151. The lowest BCUT2D eigenvalue weighted by Gasteiger charge is -2.09. The van der Waals surface area contributed by atoms with Crippen LogP contribution in [0.15, 0.2) is 54.6 Å². The lowest BCUT2D eigenvalue weighted by molar-refractivity contribution is -0.115. The number of hydrogen-bond acceptors (Lipinski definition) is 2. The minimum Gasteiger partial charge on any atom is -0.325 e. The van der Waals surface area contributed by atoms with E-state index in [2.05, 4.69) is 10.3 Å². The highest BCUT2D eigenvalue weighted by molar-refractivity contribution is 6.01. The zero-order valence-corrected chi connectivity index (χ0v) is 12.8. The number of amides is 1. The third-order valence-electron chi connectivity index (χ3n) is 3.59. The minimum atomic E-state index is -0.0151. The van der Waals surface area contributed by atoms with E-state index in [9.17, 15) is 4.79 Å². The number of anilines is 1. The second-order valence-electron chi connectivity index (χ2n) is 5.54. The van der Waals surface area contributed by atoms with Gasteiger partial charge in [-0.3, -0.25) is 9.78 Å². The molecule has 0 saturated heterocycles. The number of rotatable bonds is 3. The molecule has 0 spiro atoms. The van der Waals surface area contributed by atoms with Gasteiger partial charge in [-0.2, -0.15) is 0 Å². The van der Waals surface area contributed by atoms with Crippen molar-refractivity contribution >= 4 is 22.5 Å². The van der Waals surface area contributed by atoms with Crippen LogP contribution in [0.2, 0.25) is 0 Å². The first kappa shape index (κ1) is 14.3. The second-order valence-corrected chi connectivity index (χ2v) is 5.54. The van der Waals surface area contributed by atoms with E-state index in [-0.39, 0.29) is 5.91 Å². The minimum absolute atomic E-state index is 0.0151. The van der Waals surface area contributed by atoms with E-state index < -0.39 is 0 Å². The van der Waals surface area contributed by atoms with Gasteiger partial charge in [-0.05, 0) is 43.7 Å². The van der Waals surface area contributed by atoms with Gasteiger partial charge in [-0.1, -0.05) is 35.9 Å². The van der Waals surface area contributed by atoms with E-state index >= 15 is 0 Å². The summed E-state index contributed by atoms with van der Waals surface area (Å²) < 4.78 is 0. The summed E-state index contributed by atoms with van der Waals surface area (Å²) in [4.78, 5) is 16.8. The SMILES string of the molecule is Cc1cccc(CC(=O)Nc2cccc3nc(C)ccc23)c1. The average Bonchev–Trinajstić information content (AvgIpc) is 2.47. The number of fused-ring (bicyclic) bond motifs is 1. The van der Waals surface area contributed by atoms with Crippen molar-refractivity contribution in [3.63, 3.8) is 0 Å². The van der Waals surface area contributed by atoms with Gasteiger partial charge in [0.15, 0.2) is 0 Å². The van der Waals surface area contributed by atoms with Gasteiger partial charge in [0.05, 0.1) is 17.6 Å². The molecule has 0 unspecified atom stereocenters. The lowest BCUT2D eigenvalue weighted by atomic mass is 10.1. The number of aromatic nitrogens is 1. The van der Waals surface area contributed by atoms with Gasteiger partial charge < -0.3 is 5.32 Å². The Morgan fingerprint density at radius 1 is 1.05 bits per heavy atom. The smallest absolute Gasteiger partial charge is 0.228 e. The Labute approximate surface area is 130 Å². The Kier molecular flexibility index (Phi) is 3.88. The van der Waals surface area contributed by atoms with Gasteiger partial charge in [-0.25, -0.2) is 0 Å². The van der Waals surface area contributed by atoms with Gasteiger partial charge in [0, 0.05) is 11.1 Å².